The molecule has 0 bridgehead atoms. The van der Waals surface area contributed by atoms with Gasteiger partial charge in [0.05, 0.1) is 30.1 Å². The summed E-state index contributed by atoms with van der Waals surface area (Å²) >= 11 is 38.7. The van der Waals surface area contributed by atoms with Crippen LogP contribution in [0.2, 0.25) is 69.4 Å². The van der Waals surface area contributed by atoms with Crippen molar-refractivity contribution in [3.8, 4) is 11.5 Å². The number of rotatable bonds is 6. The minimum absolute atomic E-state index is 0.248. The molecular formula is C19H22Cl6O2Si2. The third-order valence-corrected chi connectivity index (χ3v) is 7.46. The summed E-state index contributed by atoms with van der Waals surface area (Å²) in [6.07, 6.45) is 0.248. The van der Waals surface area contributed by atoms with Gasteiger partial charge in [0.15, 0.2) is 0 Å². The van der Waals surface area contributed by atoms with Gasteiger partial charge in [-0.2, -0.15) is 0 Å². The first-order valence-corrected chi connectivity index (χ1v) is 17.9. The highest BCUT2D eigenvalue weighted by atomic mass is 35.5. The molecule has 0 saturated carbocycles. The zero-order valence-corrected chi connectivity index (χ0v) is 23.5. The van der Waals surface area contributed by atoms with Gasteiger partial charge in [0.2, 0.25) is 16.6 Å². The predicted octanol–water partition coefficient (Wildman–Crippen LogP) is 9.63. The van der Waals surface area contributed by atoms with Crippen molar-refractivity contribution in [2.24, 2.45) is 0 Å². The zero-order valence-electron chi connectivity index (χ0n) is 16.9. The molecule has 2 nitrogen and oxygen atoms in total. The van der Waals surface area contributed by atoms with E-state index in [-0.39, 0.29) is 6.42 Å². The maximum Gasteiger partial charge on any atom is 0.242 e. The molecule has 2 rings (SSSR count). The van der Waals surface area contributed by atoms with Gasteiger partial charge < -0.3 is 8.85 Å². The largest absolute Gasteiger partial charge is 0.543 e. The summed E-state index contributed by atoms with van der Waals surface area (Å²) in [4.78, 5) is 0. The highest BCUT2D eigenvalue weighted by Crippen LogP contribution is 2.46. The van der Waals surface area contributed by atoms with Crippen LogP contribution in [0.4, 0.5) is 0 Å². The Hall–Kier alpha value is 0.214. The van der Waals surface area contributed by atoms with Gasteiger partial charge in [-0.05, 0) is 51.4 Å². The summed E-state index contributed by atoms with van der Waals surface area (Å²) in [7, 11) is -4.00. The van der Waals surface area contributed by atoms with E-state index in [0.717, 1.165) is 0 Å². The Morgan fingerprint density at radius 3 is 1.17 bits per heavy atom. The second kappa shape index (κ2) is 9.37. The first-order valence-electron chi connectivity index (χ1n) is 8.81. The molecule has 0 aliphatic rings. The minimum Gasteiger partial charge on any atom is -0.543 e. The van der Waals surface area contributed by atoms with Gasteiger partial charge in [-0.15, -0.1) is 0 Å². The molecule has 0 spiro atoms. The average molecular weight is 551 g/mol. The van der Waals surface area contributed by atoms with Gasteiger partial charge >= 0.3 is 0 Å². The molecule has 160 valence electrons. The summed E-state index contributed by atoms with van der Waals surface area (Å²) in [6.45, 7) is 12.3. The second-order valence-electron chi connectivity index (χ2n) is 8.53. The molecule has 0 atom stereocenters. The highest BCUT2D eigenvalue weighted by Gasteiger charge is 2.28. The summed E-state index contributed by atoms with van der Waals surface area (Å²) in [5, 5.41) is 2.10. The Balaban J connectivity index is 2.74. The lowest BCUT2D eigenvalue weighted by Gasteiger charge is -2.26. The maximum atomic E-state index is 6.57. The Morgan fingerprint density at radius 2 is 0.897 bits per heavy atom. The van der Waals surface area contributed by atoms with E-state index in [1.165, 1.54) is 0 Å². The molecule has 0 aliphatic heterocycles. The van der Waals surface area contributed by atoms with Gasteiger partial charge in [0.1, 0.15) is 11.5 Å². The molecule has 2 aromatic rings. The topological polar surface area (TPSA) is 18.5 Å². The van der Waals surface area contributed by atoms with Gasteiger partial charge in [0, 0.05) is 17.5 Å². The molecule has 29 heavy (non-hydrogen) atoms. The summed E-state index contributed by atoms with van der Waals surface area (Å²) in [5.74, 6) is 0.984. The third kappa shape index (κ3) is 6.60. The van der Waals surface area contributed by atoms with Crippen LogP contribution in [-0.2, 0) is 6.42 Å². The predicted molar refractivity (Wildman–Crippen MR) is 134 cm³/mol. The van der Waals surface area contributed by atoms with Gasteiger partial charge in [-0.1, -0.05) is 69.6 Å². The van der Waals surface area contributed by atoms with E-state index in [4.69, 9.17) is 78.5 Å². The second-order valence-corrected chi connectivity index (χ2v) is 19.8. The van der Waals surface area contributed by atoms with E-state index in [1.807, 2.05) is 0 Å². The van der Waals surface area contributed by atoms with Crippen LogP contribution < -0.4 is 8.85 Å². The van der Waals surface area contributed by atoms with Crippen LogP contribution in [0.3, 0.4) is 0 Å². The maximum absolute atomic E-state index is 6.57. The zero-order chi connectivity index (χ0) is 22.3. The fraction of sp³-hybridized carbons (Fsp3) is 0.368. The molecule has 0 radical (unpaired) electrons. The average Bonchev–Trinajstić information content (AvgIpc) is 2.54. The fourth-order valence-corrected chi connectivity index (χ4v) is 5.90. The van der Waals surface area contributed by atoms with E-state index in [9.17, 15) is 0 Å². The Kier molecular flexibility index (Phi) is 8.23. The third-order valence-electron chi connectivity index (χ3n) is 3.61. The SMILES string of the molecule is C[Si](C)(C)Oc1c(Cl)cc(Cl)c(Cl)c1Cc1c(Cl)c(Cl)cc(Cl)c1O[Si](C)(C)C. The molecule has 0 amide bonds. The quantitative estimate of drug-likeness (QED) is 0.263. The first-order chi connectivity index (χ1) is 13.1. The molecule has 10 heteroatoms. The molecule has 0 aromatic heterocycles. The van der Waals surface area contributed by atoms with Gasteiger partial charge in [-0.25, -0.2) is 0 Å². The number of hydrogen-bond acceptors (Lipinski definition) is 2. The lowest BCUT2D eigenvalue weighted by Crippen LogP contribution is -2.30. The summed E-state index contributed by atoms with van der Waals surface area (Å²) in [6, 6.07) is 3.16. The van der Waals surface area contributed by atoms with E-state index in [2.05, 4.69) is 39.3 Å². The van der Waals surface area contributed by atoms with E-state index in [0.29, 0.717) is 52.8 Å². The van der Waals surface area contributed by atoms with Crippen LogP contribution in [0.5, 0.6) is 11.5 Å². The van der Waals surface area contributed by atoms with Crippen LogP contribution in [-0.4, -0.2) is 16.6 Å². The van der Waals surface area contributed by atoms with E-state index < -0.39 is 16.6 Å². The van der Waals surface area contributed by atoms with Crippen LogP contribution >= 0.6 is 69.6 Å². The number of hydrogen-bond donors (Lipinski definition) is 0. The molecule has 2 aromatic carbocycles. The molecular weight excluding hydrogens is 529 g/mol. The van der Waals surface area contributed by atoms with Crippen molar-refractivity contribution in [3.05, 3.63) is 53.4 Å². The van der Waals surface area contributed by atoms with Crippen LogP contribution in [0, 0.1) is 0 Å². The summed E-state index contributed by atoms with van der Waals surface area (Å²) < 4.78 is 12.5. The fourth-order valence-electron chi connectivity index (χ4n) is 2.58. The smallest absolute Gasteiger partial charge is 0.242 e. The molecule has 0 unspecified atom stereocenters. The highest BCUT2D eigenvalue weighted by molar-refractivity contribution is 6.71. The van der Waals surface area contributed by atoms with Gasteiger partial charge in [0.25, 0.3) is 0 Å². The monoisotopic (exact) mass is 548 g/mol. The van der Waals surface area contributed by atoms with Crippen LogP contribution in [0.25, 0.3) is 0 Å². The van der Waals surface area contributed by atoms with Crippen molar-refractivity contribution >= 4 is 86.2 Å². The van der Waals surface area contributed by atoms with Crippen molar-refractivity contribution in [3.63, 3.8) is 0 Å². The van der Waals surface area contributed by atoms with Crippen molar-refractivity contribution < 1.29 is 8.85 Å². The van der Waals surface area contributed by atoms with Gasteiger partial charge in [-0.3, -0.25) is 0 Å². The van der Waals surface area contributed by atoms with Crippen molar-refractivity contribution in [1.29, 1.82) is 0 Å². The van der Waals surface area contributed by atoms with E-state index >= 15 is 0 Å². The summed E-state index contributed by atoms with van der Waals surface area (Å²) in [5.41, 5.74) is 1.24. The van der Waals surface area contributed by atoms with Crippen LogP contribution in [0.15, 0.2) is 12.1 Å². The number of benzene rings is 2. The lowest BCUT2D eigenvalue weighted by molar-refractivity contribution is 0.544. The lowest BCUT2D eigenvalue weighted by atomic mass is 10.0. The van der Waals surface area contributed by atoms with Crippen LogP contribution in [0.1, 0.15) is 11.1 Å². The normalized spacial score (nSPS) is 12.3. The molecule has 0 heterocycles. The Labute approximate surface area is 204 Å². The number of halogens is 6. The molecule has 0 fully saturated rings. The molecule has 0 saturated heterocycles. The molecule has 0 aliphatic carbocycles. The van der Waals surface area contributed by atoms with Crippen molar-refractivity contribution in [2.45, 2.75) is 45.7 Å². The Morgan fingerprint density at radius 1 is 0.586 bits per heavy atom. The Bertz CT molecular complexity index is 861. The molecule has 0 N–H and O–H groups in total. The van der Waals surface area contributed by atoms with Crippen molar-refractivity contribution in [2.75, 3.05) is 0 Å². The first kappa shape index (κ1) is 25.5. The van der Waals surface area contributed by atoms with Crippen molar-refractivity contribution in [1.82, 2.24) is 0 Å². The van der Waals surface area contributed by atoms with E-state index in [1.54, 1.807) is 12.1 Å². The standard InChI is InChI=1S/C19H22Cl6O2Si2/c1-28(2,3)26-18-10(16(24)12(20)8-14(18)22)7-11-17(25)13(21)9-15(23)19(11)27-29(4,5)6/h8-9H,7H2,1-6H3. The minimum atomic E-state index is -2.00.